The first-order chi connectivity index (χ1) is 15.8. The summed E-state index contributed by atoms with van der Waals surface area (Å²) in [6.45, 7) is 2.84. The van der Waals surface area contributed by atoms with Gasteiger partial charge in [0.1, 0.15) is 0 Å². The lowest BCUT2D eigenvalue weighted by atomic mass is 10.1. The number of nitrogens with zero attached hydrogens (tertiary/aromatic N) is 3. The maximum Gasteiger partial charge on any atom is 0.418 e. The topological polar surface area (TPSA) is 105 Å². The van der Waals surface area contributed by atoms with Gasteiger partial charge in [0, 0.05) is 31.9 Å². The number of amides is 1. The Hall–Kier alpha value is -3.80. The molecule has 174 valence electrons. The van der Waals surface area contributed by atoms with E-state index >= 15 is 0 Å². The number of hydrogen-bond acceptors (Lipinski definition) is 8. The van der Waals surface area contributed by atoms with Gasteiger partial charge in [-0.05, 0) is 30.3 Å². The Morgan fingerprint density at radius 1 is 1.24 bits per heavy atom. The highest BCUT2D eigenvalue weighted by atomic mass is 19.4. The van der Waals surface area contributed by atoms with E-state index < -0.39 is 17.6 Å². The Bertz CT molecular complexity index is 1110. The van der Waals surface area contributed by atoms with Crippen LogP contribution in [-0.4, -0.2) is 49.2 Å². The van der Waals surface area contributed by atoms with Crippen molar-refractivity contribution in [2.24, 2.45) is 0 Å². The number of alkyl halides is 3. The van der Waals surface area contributed by atoms with Gasteiger partial charge in [0.15, 0.2) is 17.3 Å². The summed E-state index contributed by atoms with van der Waals surface area (Å²) in [4.78, 5) is 22.7. The minimum absolute atomic E-state index is 0.0167. The zero-order valence-electron chi connectivity index (χ0n) is 17.6. The van der Waals surface area contributed by atoms with E-state index in [9.17, 15) is 18.0 Å². The molecule has 0 saturated carbocycles. The van der Waals surface area contributed by atoms with Gasteiger partial charge in [-0.25, -0.2) is 4.98 Å². The van der Waals surface area contributed by atoms with Crippen LogP contribution in [0.25, 0.3) is 0 Å². The van der Waals surface area contributed by atoms with Gasteiger partial charge in [-0.2, -0.15) is 18.2 Å². The lowest BCUT2D eigenvalue weighted by Gasteiger charge is -2.27. The zero-order chi connectivity index (χ0) is 23.4. The van der Waals surface area contributed by atoms with Crippen LogP contribution in [0, 0.1) is 0 Å². The number of furan rings is 1. The van der Waals surface area contributed by atoms with Crippen molar-refractivity contribution in [2.45, 2.75) is 6.18 Å². The van der Waals surface area contributed by atoms with Gasteiger partial charge in [-0.1, -0.05) is 0 Å². The van der Waals surface area contributed by atoms with Crippen molar-refractivity contribution in [1.29, 1.82) is 0 Å². The molecular formula is C21H21F3N6O3. The van der Waals surface area contributed by atoms with E-state index in [0.717, 1.165) is 19.2 Å². The number of carbonyl (C=O) groups excluding carboxylic acids is 1. The summed E-state index contributed by atoms with van der Waals surface area (Å²) in [6, 6.07) is 6.32. The first kappa shape index (κ1) is 22.4. The van der Waals surface area contributed by atoms with Crippen molar-refractivity contribution in [2.75, 3.05) is 48.8 Å². The van der Waals surface area contributed by atoms with E-state index in [2.05, 4.69) is 25.9 Å². The van der Waals surface area contributed by atoms with Crippen molar-refractivity contribution >= 4 is 29.0 Å². The molecule has 0 atom stereocenters. The summed E-state index contributed by atoms with van der Waals surface area (Å²) in [5.74, 6) is -0.00399. The zero-order valence-corrected chi connectivity index (χ0v) is 17.6. The van der Waals surface area contributed by atoms with Crippen molar-refractivity contribution in [1.82, 2.24) is 15.3 Å². The van der Waals surface area contributed by atoms with Gasteiger partial charge in [-0.15, -0.1) is 0 Å². The number of anilines is 4. The molecule has 1 fully saturated rings. The Morgan fingerprint density at radius 2 is 2.03 bits per heavy atom. The van der Waals surface area contributed by atoms with Crippen LogP contribution in [0.15, 0.2) is 47.2 Å². The number of hydrogen-bond donors (Lipinski definition) is 3. The Kier molecular flexibility index (Phi) is 6.36. The molecule has 0 unspecified atom stereocenters. The molecule has 3 heterocycles. The molecule has 9 nitrogen and oxygen atoms in total. The van der Waals surface area contributed by atoms with E-state index in [1.54, 1.807) is 0 Å². The Labute approximate surface area is 187 Å². The van der Waals surface area contributed by atoms with E-state index in [1.807, 2.05) is 4.90 Å². The average molecular weight is 462 g/mol. The SMILES string of the molecule is COc1cnc(N2CCNCC2)nc1Nc1ccc(NC(=O)c2ccco2)cc1C(F)(F)F. The largest absolute Gasteiger partial charge is 0.491 e. The molecule has 0 radical (unpaired) electrons. The third kappa shape index (κ3) is 5.17. The summed E-state index contributed by atoms with van der Waals surface area (Å²) in [5.41, 5.74) is -1.27. The van der Waals surface area contributed by atoms with Gasteiger partial charge in [0.2, 0.25) is 5.95 Å². The predicted octanol–water partition coefficient (Wildman–Crippen LogP) is 3.50. The van der Waals surface area contributed by atoms with Crippen LogP contribution in [0.4, 0.5) is 36.3 Å². The fourth-order valence-electron chi connectivity index (χ4n) is 3.31. The van der Waals surface area contributed by atoms with Crippen LogP contribution in [-0.2, 0) is 6.18 Å². The number of piperazine rings is 1. The maximum atomic E-state index is 13.8. The lowest BCUT2D eigenvalue weighted by molar-refractivity contribution is -0.136. The smallest absolute Gasteiger partial charge is 0.418 e. The lowest BCUT2D eigenvalue weighted by Crippen LogP contribution is -2.44. The second-order valence-electron chi connectivity index (χ2n) is 7.14. The monoisotopic (exact) mass is 462 g/mol. The molecule has 1 amide bonds. The summed E-state index contributed by atoms with van der Waals surface area (Å²) in [5, 5.41) is 8.33. The highest BCUT2D eigenvalue weighted by molar-refractivity contribution is 6.02. The summed E-state index contributed by atoms with van der Waals surface area (Å²) < 4.78 is 51.7. The molecule has 0 spiro atoms. The van der Waals surface area contributed by atoms with Gasteiger partial charge in [0.05, 0.1) is 30.8 Å². The first-order valence-corrected chi connectivity index (χ1v) is 10.0. The first-order valence-electron chi connectivity index (χ1n) is 10.0. The number of carbonyl (C=O) groups is 1. The molecule has 1 aromatic carbocycles. The number of ether oxygens (including phenoxy) is 1. The van der Waals surface area contributed by atoms with Crippen LogP contribution in [0.1, 0.15) is 16.1 Å². The van der Waals surface area contributed by atoms with Crippen LogP contribution in [0.5, 0.6) is 5.75 Å². The minimum Gasteiger partial charge on any atom is -0.491 e. The molecule has 0 aliphatic carbocycles. The molecule has 2 aromatic heterocycles. The second kappa shape index (κ2) is 9.36. The molecule has 1 saturated heterocycles. The van der Waals surface area contributed by atoms with Crippen molar-refractivity contribution in [3.05, 3.63) is 54.1 Å². The molecule has 33 heavy (non-hydrogen) atoms. The maximum absolute atomic E-state index is 13.8. The summed E-state index contributed by atoms with van der Waals surface area (Å²) >= 11 is 0. The number of rotatable bonds is 6. The Morgan fingerprint density at radius 3 is 2.70 bits per heavy atom. The average Bonchev–Trinajstić information content (AvgIpc) is 3.35. The number of methoxy groups -OCH3 is 1. The normalized spacial score (nSPS) is 14.1. The van der Waals surface area contributed by atoms with Crippen molar-refractivity contribution < 1.29 is 27.1 Å². The molecule has 0 bridgehead atoms. The van der Waals surface area contributed by atoms with Crippen LogP contribution in [0.3, 0.4) is 0 Å². The van der Waals surface area contributed by atoms with Crippen LogP contribution < -0.4 is 25.6 Å². The number of nitrogens with one attached hydrogen (secondary N) is 3. The standard InChI is InChI=1S/C21H21F3N6O3/c1-32-17-12-26-20(30-8-6-25-7-9-30)29-18(17)28-15-5-4-13(11-14(15)21(22,23)24)27-19(31)16-3-2-10-33-16/h2-5,10-12,25H,6-9H2,1H3,(H,27,31)(H,26,28,29). The molecular weight excluding hydrogens is 441 g/mol. The minimum atomic E-state index is -4.70. The van der Waals surface area contributed by atoms with Crippen LogP contribution >= 0.6 is 0 Å². The van der Waals surface area contributed by atoms with Gasteiger partial charge in [0.25, 0.3) is 5.91 Å². The third-order valence-corrected chi connectivity index (χ3v) is 4.94. The quantitative estimate of drug-likeness (QED) is 0.511. The van der Waals surface area contributed by atoms with Gasteiger partial charge < -0.3 is 30.0 Å². The van der Waals surface area contributed by atoms with E-state index in [0.29, 0.717) is 19.0 Å². The van der Waals surface area contributed by atoms with Gasteiger partial charge in [-0.3, -0.25) is 4.79 Å². The van der Waals surface area contributed by atoms with Crippen molar-refractivity contribution in [3.8, 4) is 5.75 Å². The van der Waals surface area contributed by atoms with E-state index in [1.165, 1.54) is 43.8 Å². The molecule has 12 heteroatoms. The fraction of sp³-hybridized carbons (Fsp3) is 0.286. The number of aromatic nitrogens is 2. The highest BCUT2D eigenvalue weighted by Gasteiger charge is 2.34. The molecule has 1 aliphatic heterocycles. The van der Waals surface area contributed by atoms with Gasteiger partial charge >= 0.3 is 6.18 Å². The van der Waals surface area contributed by atoms with E-state index in [4.69, 9.17) is 9.15 Å². The summed E-state index contributed by atoms with van der Waals surface area (Å²) in [7, 11) is 1.38. The number of benzene rings is 1. The molecule has 1 aliphatic rings. The highest BCUT2D eigenvalue weighted by Crippen LogP contribution is 2.39. The molecule has 3 aromatic rings. The molecule has 3 N–H and O–H groups in total. The third-order valence-electron chi connectivity index (χ3n) is 4.94. The van der Waals surface area contributed by atoms with Crippen molar-refractivity contribution in [3.63, 3.8) is 0 Å². The van der Waals surface area contributed by atoms with Crippen LogP contribution in [0.2, 0.25) is 0 Å². The van der Waals surface area contributed by atoms with E-state index in [-0.39, 0.29) is 28.7 Å². The summed E-state index contributed by atoms with van der Waals surface area (Å²) in [6.07, 6.45) is -1.99. The second-order valence-corrected chi connectivity index (χ2v) is 7.14. The fourth-order valence-corrected chi connectivity index (χ4v) is 3.31. The molecule has 4 rings (SSSR count). The number of halogens is 3. The Balaban J connectivity index is 1.63. The predicted molar refractivity (Wildman–Crippen MR) is 115 cm³/mol.